The molecule has 1 fully saturated rings. The number of rotatable bonds is 9. The fourth-order valence-electron chi connectivity index (χ4n) is 4.47. The number of likely N-dealkylation sites (N-methyl/N-ethyl adjacent to an activating group) is 1. The van der Waals surface area contributed by atoms with E-state index in [1.165, 1.54) is 27.8 Å². The van der Waals surface area contributed by atoms with Gasteiger partial charge in [-0.05, 0) is 60.5 Å². The topological polar surface area (TPSA) is 160 Å². The lowest BCUT2D eigenvalue weighted by molar-refractivity contribution is -0.369. The van der Waals surface area contributed by atoms with Gasteiger partial charge in [0.05, 0.1) is 0 Å². The van der Waals surface area contributed by atoms with Crippen LogP contribution in [0.15, 0.2) is 84.9 Å². The number of ether oxygens (including phenoxy) is 2. The molecule has 42 heavy (non-hydrogen) atoms. The predicted octanol–water partition coefficient (Wildman–Crippen LogP) is 2.19. The van der Waals surface area contributed by atoms with E-state index in [1.54, 1.807) is 0 Å². The molecule has 1 aliphatic rings. The lowest BCUT2D eigenvalue weighted by Gasteiger charge is -2.41. The smallest absolute Gasteiger partial charge is 0.338 e. The second kappa shape index (κ2) is 15.0. The number of carboxylic acid groups (broad SMARTS) is 1. The van der Waals surface area contributed by atoms with Crippen LogP contribution in [0, 0.1) is 0 Å². The monoisotopic (exact) mass is 581 g/mol. The summed E-state index contributed by atoms with van der Waals surface area (Å²) in [6, 6.07) is 29.8. The zero-order valence-corrected chi connectivity index (χ0v) is 23.9. The van der Waals surface area contributed by atoms with Crippen LogP contribution in [0.4, 0.5) is 0 Å². The Morgan fingerprint density at radius 2 is 1.38 bits per heavy atom. The van der Waals surface area contributed by atoms with Crippen LogP contribution in [0.25, 0.3) is 11.1 Å². The van der Waals surface area contributed by atoms with E-state index < -0.39 is 36.4 Å². The highest BCUT2D eigenvalue weighted by atomic mass is 16.7. The number of hydrogen-bond donors (Lipinski definition) is 6. The zero-order chi connectivity index (χ0) is 30.9. The molecule has 226 valence electrons. The molecular formula is C32H39NO9. The first kappa shape index (κ1) is 32.9. The number of aliphatic hydroxyl groups excluding tert-OH is 3. The van der Waals surface area contributed by atoms with Gasteiger partial charge in [-0.2, -0.15) is 0 Å². The van der Waals surface area contributed by atoms with E-state index in [9.17, 15) is 4.79 Å². The zero-order valence-electron chi connectivity index (χ0n) is 23.9. The minimum absolute atomic E-state index is 0.692. The lowest BCUT2D eigenvalue weighted by atomic mass is 9.88. The van der Waals surface area contributed by atoms with Crippen LogP contribution in [0.3, 0.4) is 0 Å². The number of aliphatic hydroxyl groups is 5. The van der Waals surface area contributed by atoms with Crippen molar-refractivity contribution in [3.63, 3.8) is 0 Å². The molecule has 0 aromatic heterocycles. The third kappa shape index (κ3) is 8.24. The van der Waals surface area contributed by atoms with E-state index in [0.717, 1.165) is 18.7 Å². The number of allylic oxidation sites excluding steroid dienone is 1. The number of aliphatic carboxylic acids is 1. The van der Waals surface area contributed by atoms with E-state index >= 15 is 0 Å². The molecule has 3 aromatic rings. The highest BCUT2D eigenvalue weighted by Crippen LogP contribution is 2.35. The first-order valence-electron chi connectivity index (χ1n) is 13.6. The van der Waals surface area contributed by atoms with Crippen molar-refractivity contribution in [3.8, 4) is 5.75 Å². The van der Waals surface area contributed by atoms with Gasteiger partial charge in [0.2, 0.25) is 11.9 Å². The molecular weight excluding hydrogens is 542 g/mol. The minimum atomic E-state index is -3.15. The van der Waals surface area contributed by atoms with Gasteiger partial charge in [0, 0.05) is 6.54 Å². The third-order valence-corrected chi connectivity index (χ3v) is 6.73. The average molecular weight is 582 g/mol. The molecule has 0 spiro atoms. The summed E-state index contributed by atoms with van der Waals surface area (Å²) in [6.45, 7) is 3.83. The number of carbonyl (C=O) groups is 1. The first-order valence-corrected chi connectivity index (χ1v) is 13.6. The fraction of sp³-hybridized carbons (Fsp3) is 0.344. The maximum atomic E-state index is 10.4. The Hall–Kier alpha value is -3.61. The van der Waals surface area contributed by atoms with Gasteiger partial charge in [-0.15, -0.1) is 0 Å². The van der Waals surface area contributed by atoms with Crippen LogP contribution in [-0.2, 0) is 9.53 Å². The molecule has 0 unspecified atom stereocenters. The Morgan fingerprint density at radius 1 is 0.857 bits per heavy atom. The molecule has 3 aromatic carbocycles. The van der Waals surface area contributed by atoms with Crippen molar-refractivity contribution in [2.75, 3.05) is 27.2 Å². The SMILES string of the molecule is CC/C(=C(\c1ccccc1)c1ccc(OCCN(C)C)cc1)c1ccccc1.O=C(O)[C@H]1O[C@@H](O)[C@H](O)[C@@H](O)C1(O)O. The molecule has 10 nitrogen and oxygen atoms in total. The Morgan fingerprint density at radius 3 is 1.88 bits per heavy atom. The maximum Gasteiger partial charge on any atom is 0.338 e. The van der Waals surface area contributed by atoms with Gasteiger partial charge in [-0.25, -0.2) is 4.79 Å². The van der Waals surface area contributed by atoms with Crippen molar-refractivity contribution in [1.29, 1.82) is 0 Å². The van der Waals surface area contributed by atoms with Crippen molar-refractivity contribution >= 4 is 17.1 Å². The van der Waals surface area contributed by atoms with E-state index in [2.05, 4.69) is 116 Å². The van der Waals surface area contributed by atoms with Crippen molar-refractivity contribution in [1.82, 2.24) is 4.90 Å². The van der Waals surface area contributed by atoms with Gasteiger partial charge in [0.15, 0.2) is 6.29 Å². The summed E-state index contributed by atoms with van der Waals surface area (Å²) < 4.78 is 10.1. The van der Waals surface area contributed by atoms with Crippen molar-refractivity contribution in [3.05, 3.63) is 102 Å². The Bertz CT molecular complexity index is 1290. The third-order valence-electron chi connectivity index (χ3n) is 6.73. The van der Waals surface area contributed by atoms with Crippen LogP contribution >= 0.6 is 0 Å². The standard InChI is InChI=1S/C26H29NO.C6H10O8/c1-4-25(21-11-7-5-8-12-21)26(22-13-9-6-10-14-22)23-15-17-24(18-16-23)28-20-19-27(2)3;7-1-2(8)6(12,13)3(4(9)10)14-5(1)11/h5-18H,4,19-20H2,1-3H3;1-3,5,7-8,11-13H,(H,9,10)/b26-25-;/t;1-,2-,3-,5-/m.1/s1. The summed E-state index contributed by atoms with van der Waals surface area (Å²) in [5, 5.41) is 53.5. The van der Waals surface area contributed by atoms with Crippen LogP contribution < -0.4 is 4.74 Å². The molecule has 0 amide bonds. The van der Waals surface area contributed by atoms with Crippen LogP contribution in [-0.4, -0.2) is 99.1 Å². The molecule has 0 radical (unpaired) electrons. The van der Waals surface area contributed by atoms with Crippen molar-refractivity contribution in [2.24, 2.45) is 0 Å². The summed E-state index contributed by atoms with van der Waals surface area (Å²) in [5.41, 5.74) is 6.37. The number of benzene rings is 3. The fourth-order valence-corrected chi connectivity index (χ4v) is 4.47. The van der Waals surface area contributed by atoms with E-state index in [1.807, 2.05) is 0 Å². The number of hydrogen-bond acceptors (Lipinski definition) is 9. The summed E-state index contributed by atoms with van der Waals surface area (Å²) in [4.78, 5) is 12.5. The van der Waals surface area contributed by atoms with E-state index in [4.69, 9.17) is 35.4 Å². The molecule has 1 aliphatic heterocycles. The highest BCUT2D eigenvalue weighted by Gasteiger charge is 2.56. The molecule has 10 heteroatoms. The van der Waals surface area contributed by atoms with Gasteiger partial charge in [-0.1, -0.05) is 79.7 Å². The van der Waals surface area contributed by atoms with Crippen LogP contribution in [0.2, 0.25) is 0 Å². The largest absolute Gasteiger partial charge is 0.492 e. The maximum absolute atomic E-state index is 10.4. The molecule has 1 saturated heterocycles. The van der Waals surface area contributed by atoms with Gasteiger partial charge in [0.25, 0.3) is 0 Å². The molecule has 4 rings (SSSR count). The van der Waals surface area contributed by atoms with Gasteiger partial charge in [-0.3, -0.25) is 0 Å². The minimum Gasteiger partial charge on any atom is -0.492 e. The number of carboxylic acids is 1. The predicted molar refractivity (Wildman–Crippen MR) is 157 cm³/mol. The molecule has 0 saturated carbocycles. The summed E-state index contributed by atoms with van der Waals surface area (Å²) >= 11 is 0. The normalized spacial score (nSPS) is 22.0. The summed E-state index contributed by atoms with van der Waals surface area (Å²) in [5.74, 6) is -4.01. The second-order valence-corrected chi connectivity index (χ2v) is 10.1. The van der Waals surface area contributed by atoms with Crippen molar-refractivity contribution in [2.45, 2.75) is 43.7 Å². The summed E-state index contributed by atoms with van der Waals surface area (Å²) in [7, 11) is 4.11. The van der Waals surface area contributed by atoms with Gasteiger partial charge < -0.3 is 45.0 Å². The molecule has 0 bridgehead atoms. The second-order valence-electron chi connectivity index (χ2n) is 10.1. The summed E-state index contributed by atoms with van der Waals surface area (Å²) in [6.07, 6.45) is -7.46. The lowest BCUT2D eigenvalue weighted by Crippen LogP contribution is -2.67. The van der Waals surface area contributed by atoms with Crippen LogP contribution in [0.5, 0.6) is 5.75 Å². The molecule has 0 aliphatic carbocycles. The Labute approximate surface area is 245 Å². The molecule has 4 atom stereocenters. The van der Waals surface area contributed by atoms with E-state index in [-0.39, 0.29) is 0 Å². The van der Waals surface area contributed by atoms with E-state index in [0.29, 0.717) is 6.61 Å². The van der Waals surface area contributed by atoms with Crippen molar-refractivity contribution < 1.29 is 44.9 Å². The number of nitrogens with zero attached hydrogens (tertiary/aromatic N) is 1. The van der Waals surface area contributed by atoms with Gasteiger partial charge in [0.1, 0.15) is 24.6 Å². The quantitative estimate of drug-likeness (QED) is 0.163. The van der Waals surface area contributed by atoms with Gasteiger partial charge >= 0.3 is 5.97 Å². The highest BCUT2D eigenvalue weighted by molar-refractivity contribution is 5.98. The average Bonchev–Trinajstić information content (AvgIpc) is 2.98. The van der Waals surface area contributed by atoms with Crippen LogP contribution in [0.1, 0.15) is 30.0 Å². The molecule has 1 heterocycles. The first-order chi connectivity index (χ1) is 20.0. The Kier molecular flexibility index (Phi) is 11.8. The molecule has 6 N–H and O–H groups in total. The Balaban J connectivity index is 0.000000291.